The molecule has 7 heteroatoms. The monoisotopic (exact) mass is 408 g/mol. The van der Waals surface area contributed by atoms with Crippen LogP contribution in [0.3, 0.4) is 0 Å². The number of H-pyrrole nitrogens is 1. The van der Waals surface area contributed by atoms with E-state index in [9.17, 15) is 4.79 Å². The van der Waals surface area contributed by atoms with Crippen molar-refractivity contribution in [2.45, 2.75) is 0 Å². The van der Waals surface area contributed by atoms with Crippen molar-refractivity contribution in [3.05, 3.63) is 88.0 Å². The topological polar surface area (TPSA) is 70.1 Å². The molecule has 0 saturated heterocycles. The lowest BCUT2D eigenvalue weighted by atomic mass is 10.0. The third-order valence-corrected chi connectivity index (χ3v) is 4.91. The second kappa shape index (κ2) is 7.84. The van der Waals surface area contributed by atoms with E-state index in [1.807, 2.05) is 42.5 Å². The molecule has 1 aromatic heterocycles. The number of aromatic amines is 1. The average Bonchev–Trinajstić information content (AvgIpc) is 3.20. The Morgan fingerprint density at radius 2 is 1.71 bits per heavy atom. The number of nitrogens with zero attached hydrogens (tertiary/aromatic N) is 2. The number of aromatic nitrogens is 2. The first-order chi connectivity index (χ1) is 13.6. The van der Waals surface area contributed by atoms with Gasteiger partial charge in [0.05, 0.1) is 22.0 Å². The summed E-state index contributed by atoms with van der Waals surface area (Å²) < 4.78 is 0. The maximum Gasteiger partial charge on any atom is 0.289 e. The number of hydrogen-bond donors (Lipinski definition) is 2. The van der Waals surface area contributed by atoms with E-state index in [0.717, 1.165) is 16.3 Å². The molecule has 28 heavy (non-hydrogen) atoms. The Kier molecular flexibility index (Phi) is 5.10. The van der Waals surface area contributed by atoms with E-state index in [1.54, 1.807) is 24.3 Å². The first kappa shape index (κ1) is 18.2. The van der Waals surface area contributed by atoms with E-state index >= 15 is 0 Å². The smallest absolute Gasteiger partial charge is 0.272 e. The molecule has 0 radical (unpaired) electrons. The zero-order chi connectivity index (χ0) is 19.5. The molecule has 0 bridgehead atoms. The van der Waals surface area contributed by atoms with Gasteiger partial charge in [-0.25, -0.2) is 5.43 Å². The number of carbonyl (C=O) groups is 1. The number of fused-ring (bicyclic) bond motifs is 1. The van der Waals surface area contributed by atoms with Gasteiger partial charge in [-0.2, -0.15) is 10.2 Å². The molecular weight excluding hydrogens is 395 g/mol. The fourth-order valence-electron chi connectivity index (χ4n) is 2.87. The van der Waals surface area contributed by atoms with Crippen molar-refractivity contribution < 1.29 is 4.79 Å². The van der Waals surface area contributed by atoms with Crippen LogP contribution in [-0.4, -0.2) is 22.3 Å². The molecule has 0 aliphatic carbocycles. The third kappa shape index (κ3) is 3.63. The van der Waals surface area contributed by atoms with Gasteiger partial charge in [0.2, 0.25) is 0 Å². The van der Waals surface area contributed by atoms with Gasteiger partial charge in [-0.1, -0.05) is 71.7 Å². The predicted octanol–water partition coefficient (Wildman–Crippen LogP) is 5.30. The Hall–Kier alpha value is -3.15. The second-order valence-electron chi connectivity index (χ2n) is 6.03. The van der Waals surface area contributed by atoms with Crippen LogP contribution in [0.5, 0.6) is 0 Å². The molecule has 0 atom stereocenters. The number of carbonyl (C=O) groups excluding carboxylic acids is 1. The van der Waals surface area contributed by atoms with Crippen LogP contribution in [0.4, 0.5) is 0 Å². The lowest BCUT2D eigenvalue weighted by Gasteiger charge is -2.02. The van der Waals surface area contributed by atoms with Crippen LogP contribution < -0.4 is 5.43 Å². The van der Waals surface area contributed by atoms with Crippen molar-refractivity contribution in [3.63, 3.8) is 0 Å². The van der Waals surface area contributed by atoms with Crippen LogP contribution >= 0.6 is 23.2 Å². The molecule has 4 rings (SSSR count). The Labute approximate surface area is 171 Å². The molecule has 2 N–H and O–H groups in total. The van der Waals surface area contributed by atoms with Crippen LogP contribution in [0.15, 0.2) is 71.8 Å². The van der Waals surface area contributed by atoms with Crippen molar-refractivity contribution in [1.29, 1.82) is 0 Å². The maximum absolute atomic E-state index is 12.4. The van der Waals surface area contributed by atoms with Gasteiger partial charge >= 0.3 is 0 Å². The molecule has 0 aliphatic rings. The Bertz CT molecular complexity index is 1170. The van der Waals surface area contributed by atoms with Crippen molar-refractivity contribution >= 4 is 46.1 Å². The highest BCUT2D eigenvalue weighted by molar-refractivity contribution is 6.38. The first-order valence-electron chi connectivity index (χ1n) is 8.44. The summed E-state index contributed by atoms with van der Waals surface area (Å²) in [5.74, 6) is -0.418. The summed E-state index contributed by atoms with van der Waals surface area (Å²) in [7, 11) is 0. The van der Waals surface area contributed by atoms with Crippen molar-refractivity contribution in [1.82, 2.24) is 15.6 Å². The highest BCUT2D eigenvalue weighted by Crippen LogP contribution is 2.27. The Morgan fingerprint density at radius 3 is 2.54 bits per heavy atom. The van der Waals surface area contributed by atoms with Crippen LogP contribution in [0.2, 0.25) is 10.0 Å². The third-order valence-electron chi connectivity index (χ3n) is 4.25. The van der Waals surface area contributed by atoms with E-state index < -0.39 is 5.91 Å². The van der Waals surface area contributed by atoms with Crippen LogP contribution in [-0.2, 0) is 0 Å². The minimum absolute atomic E-state index is 0.297. The van der Waals surface area contributed by atoms with E-state index in [-0.39, 0.29) is 0 Å². The number of hydrogen-bond acceptors (Lipinski definition) is 3. The van der Waals surface area contributed by atoms with Gasteiger partial charge in [-0.15, -0.1) is 0 Å². The van der Waals surface area contributed by atoms with Crippen LogP contribution in [0.25, 0.3) is 22.0 Å². The summed E-state index contributed by atoms with van der Waals surface area (Å²) in [6.07, 6.45) is 1.41. The molecule has 1 heterocycles. The number of amides is 1. The maximum atomic E-state index is 12.4. The molecule has 0 spiro atoms. The van der Waals surface area contributed by atoms with E-state index in [0.29, 0.717) is 27.0 Å². The van der Waals surface area contributed by atoms with Gasteiger partial charge in [0.1, 0.15) is 5.69 Å². The zero-order valence-electron chi connectivity index (χ0n) is 14.5. The molecule has 5 nitrogen and oxygen atoms in total. The molecule has 0 saturated carbocycles. The minimum Gasteiger partial charge on any atom is -0.272 e. The molecule has 138 valence electrons. The molecule has 3 aromatic carbocycles. The van der Waals surface area contributed by atoms with Gasteiger partial charge in [0.25, 0.3) is 5.91 Å². The summed E-state index contributed by atoms with van der Waals surface area (Å²) in [4.78, 5) is 12.4. The number of nitrogens with one attached hydrogen (secondary N) is 2. The summed E-state index contributed by atoms with van der Waals surface area (Å²) in [5, 5.41) is 14.0. The average molecular weight is 409 g/mol. The summed E-state index contributed by atoms with van der Waals surface area (Å²) >= 11 is 12.2. The SMILES string of the molecule is O=C(NN=Cc1c(Cl)cccc1Cl)c1cc(-c2cccc3ccccc23)n[nH]1. The zero-order valence-corrected chi connectivity index (χ0v) is 16.0. The van der Waals surface area contributed by atoms with Gasteiger partial charge in [-0.3, -0.25) is 9.89 Å². The number of benzene rings is 3. The van der Waals surface area contributed by atoms with Gasteiger partial charge in [-0.05, 0) is 29.0 Å². The minimum atomic E-state index is -0.418. The van der Waals surface area contributed by atoms with Gasteiger partial charge in [0, 0.05) is 11.1 Å². The normalized spacial score (nSPS) is 11.2. The van der Waals surface area contributed by atoms with Crippen molar-refractivity contribution in [3.8, 4) is 11.3 Å². The highest BCUT2D eigenvalue weighted by atomic mass is 35.5. The van der Waals surface area contributed by atoms with Gasteiger partial charge in [0.15, 0.2) is 0 Å². The molecule has 4 aromatic rings. The molecule has 0 fully saturated rings. The molecule has 0 aliphatic heterocycles. The fraction of sp³-hybridized carbons (Fsp3) is 0. The second-order valence-corrected chi connectivity index (χ2v) is 6.84. The number of halogens is 2. The fourth-order valence-corrected chi connectivity index (χ4v) is 3.37. The molecular formula is C21H14Cl2N4O. The quantitative estimate of drug-likeness (QED) is 0.355. The summed E-state index contributed by atoms with van der Waals surface area (Å²) in [6.45, 7) is 0. The van der Waals surface area contributed by atoms with E-state index in [1.165, 1.54) is 6.21 Å². The van der Waals surface area contributed by atoms with Crippen LogP contribution in [0, 0.1) is 0 Å². The van der Waals surface area contributed by atoms with E-state index in [2.05, 4.69) is 20.7 Å². The predicted molar refractivity (Wildman–Crippen MR) is 113 cm³/mol. The molecule has 0 unspecified atom stereocenters. The van der Waals surface area contributed by atoms with Crippen molar-refractivity contribution in [2.75, 3.05) is 0 Å². The Morgan fingerprint density at radius 1 is 1.00 bits per heavy atom. The first-order valence-corrected chi connectivity index (χ1v) is 9.20. The highest BCUT2D eigenvalue weighted by Gasteiger charge is 2.12. The summed E-state index contributed by atoms with van der Waals surface area (Å²) in [5.41, 5.74) is 4.90. The van der Waals surface area contributed by atoms with Crippen LogP contribution in [0.1, 0.15) is 16.1 Å². The molecule has 1 amide bonds. The van der Waals surface area contributed by atoms with E-state index in [4.69, 9.17) is 23.2 Å². The number of hydrazone groups is 1. The summed E-state index contributed by atoms with van der Waals surface area (Å²) in [6, 6.07) is 20.8. The lowest BCUT2D eigenvalue weighted by molar-refractivity contribution is 0.0950. The number of rotatable bonds is 4. The standard InChI is InChI=1S/C21H14Cl2N4O/c22-17-9-4-10-18(23)16(17)12-24-27-21(28)20-11-19(25-26-20)15-8-3-6-13-5-1-2-7-14(13)15/h1-12H,(H,25,26)(H,27,28). The largest absolute Gasteiger partial charge is 0.289 e. The Balaban J connectivity index is 1.54. The van der Waals surface area contributed by atoms with Crippen molar-refractivity contribution in [2.24, 2.45) is 5.10 Å². The lowest BCUT2D eigenvalue weighted by Crippen LogP contribution is -2.18. The van der Waals surface area contributed by atoms with Gasteiger partial charge < -0.3 is 0 Å².